The Morgan fingerprint density at radius 3 is 2.24 bits per heavy atom. The third-order valence-electron chi connectivity index (χ3n) is 7.21. The number of carbonyl (C=O) groups excluding carboxylic acids is 2. The summed E-state index contributed by atoms with van der Waals surface area (Å²) in [7, 11) is 0. The summed E-state index contributed by atoms with van der Waals surface area (Å²) in [5.41, 5.74) is 3.35. The van der Waals surface area contributed by atoms with Crippen LogP contribution in [0.5, 0.6) is 0 Å². The SMILES string of the molecule is O=C1C(=O)N(C2CCCCC2)C(c2c[nH]c3ccccc23)/C1=C(\O)c1c[nH]c2ccccc12. The Kier molecular flexibility index (Phi) is 4.61. The zero-order valence-corrected chi connectivity index (χ0v) is 18.2. The van der Waals surface area contributed by atoms with Gasteiger partial charge in [0, 0.05) is 51.4 Å². The average Bonchev–Trinajstić information content (AvgIpc) is 3.54. The number of nitrogens with zero attached hydrogens (tertiary/aromatic N) is 1. The maximum Gasteiger partial charge on any atom is 0.295 e. The van der Waals surface area contributed by atoms with Crippen molar-refractivity contribution in [3.05, 3.63) is 77.6 Å². The van der Waals surface area contributed by atoms with Crippen LogP contribution in [-0.2, 0) is 9.59 Å². The number of aliphatic hydroxyl groups is 1. The fourth-order valence-electron chi connectivity index (χ4n) is 5.62. The van der Waals surface area contributed by atoms with Crippen molar-refractivity contribution in [2.45, 2.75) is 44.2 Å². The van der Waals surface area contributed by atoms with Crippen molar-refractivity contribution in [2.24, 2.45) is 0 Å². The minimum absolute atomic E-state index is 0.0119. The van der Waals surface area contributed by atoms with Crippen LogP contribution in [0, 0.1) is 0 Å². The van der Waals surface area contributed by atoms with E-state index >= 15 is 0 Å². The highest BCUT2D eigenvalue weighted by molar-refractivity contribution is 6.47. The minimum atomic E-state index is -0.627. The van der Waals surface area contributed by atoms with E-state index in [0.717, 1.165) is 59.5 Å². The average molecular weight is 440 g/mol. The number of carbonyl (C=O) groups is 2. The van der Waals surface area contributed by atoms with Crippen LogP contribution in [0.25, 0.3) is 27.6 Å². The monoisotopic (exact) mass is 439 g/mol. The van der Waals surface area contributed by atoms with Crippen molar-refractivity contribution in [1.29, 1.82) is 0 Å². The lowest BCUT2D eigenvalue weighted by Gasteiger charge is -2.35. The van der Waals surface area contributed by atoms with E-state index in [1.807, 2.05) is 54.7 Å². The predicted octanol–water partition coefficient (Wildman–Crippen LogP) is 5.40. The van der Waals surface area contributed by atoms with E-state index in [2.05, 4.69) is 9.97 Å². The van der Waals surface area contributed by atoms with E-state index in [9.17, 15) is 14.7 Å². The molecule has 0 spiro atoms. The van der Waals surface area contributed by atoms with Crippen LogP contribution >= 0.6 is 0 Å². The number of hydrogen-bond acceptors (Lipinski definition) is 3. The Bertz CT molecular complexity index is 1420. The predicted molar refractivity (Wildman–Crippen MR) is 128 cm³/mol. The number of H-pyrrole nitrogens is 2. The lowest BCUT2D eigenvalue weighted by atomic mass is 9.90. The molecular formula is C27H25N3O3. The zero-order chi connectivity index (χ0) is 22.5. The third-order valence-corrected chi connectivity index (χ3v) is 7.21. The molecule has 1 amide bonds. The van der Waals surface area contributed by atoms with Crippen LogP contribution in [0.15, 0.2) is 66.5 Å². The number of para-hydroxylation sites is 2. The molecule has 4 aromatic rings. The molecule has 2 aromatic carbocycles. The second-order valence-electron chi connectivity index (χ2n) is 9.04. The van der Waals surface area contributed by atoms with Crippen molar-refractivity contribution < 1.29 is 14.7 Å². The standard InChI is InChI=1S/C27H25N3O3/c31-25(20-15-29-22-13-7-5-11-18(20)22)23-24(19-14-28-21-12-6-4-10-17(19)21)30(27(33)26(23)32)16-8-2-1-3-9-16/h4-7,10-16,24,28-29,31H,1-3,8-9H2/b25-23+. The van der Waals surface area contributed by atoms with Gasteiger partial charge in [-0.2, -0.15) is 0 Å². The number of aliphatic hydroxyl groups excluding tert-OH is 1. The topological polar surface area (TPSA) is 89.2 Å². The van der Waals surface area contributed by atoms with Crippen molar-refractivity contribution in [3.63, 3.8) is 0 Å². The van der Waals surface area contributed by atoms with E-state index in [1.165, 1.54) is 0 Å². The maximum absolute atomic E-state index is 13.4. The molecule has 6 rings (SSSR count). The summed E-state index contributed by atoms with van der Waals surface area (Å²) in [6, 6.07) is 14.9. The van der Waals surface area contributed by atoms with Gasteiger partial charge in [-0.15, -0.1) is 0 Å². The molecule has 1 saturated heterocycles. The number of Topliss-reactive ketones (excluding diaryl/α,β-unsaturated/α-hetero) is 1. The summed E-state index contributed by atoms with van der Waals surface area (Å²) in [5.74, 6) is -1.25. The first-order valence-electron chi connectivity index (χ1n) is 11.6. The molecule has 166 valence electrons. The van der Waals surface area contributed by atoms with Gasteiger partial charge >= 0.3 is 0 Å². The Hall–Kier alpha value is -3.80. The van der Waals surface area contributed by atoms with Gasteiger partial charge in [0.1, 0.15) is 5.76 Å². The lowest BCUT2D eigenvalue weighted by Crippen LogP contribution is -2.40. The molecule has 1 aliphatic heterocycles. The van der Waals surface area contributed by atoms with Crippen molar-refractivity contribution in [3.8, 4) is 0 Å². The van der Waals surface area contributed by atoms with Gasteiger partial charge in [-0.3, -0.25) is 9.59 Å². The molecule has 1 unspecified atom stereocenters. The summed E-state index contributed by atoms with van der Waals surface area (Å²) < 4.78 is 0. The first-order chi connectivity index (χ1) is 16.1. The molecule has 6 heteroatoms. The van der Waals surface area contributed by atoms with Crippen molar-refractivity contribution >= 4 is 39.3 Å². The van der Waals surface area contributed by atoms with Crippen LogP contribution in [0.1, 0.15) is 49.3 Å². The molecule has 6 nitrogen and oxygen atoms in total. The van der Waals surface area contributed by atoms with Gasteiger partial charge in [-0.1, -0.05) is 55.7 Å². The second-order valence-corrected chi connectivity index (χ2v) is 9.04. The molecule has 1 atom stereocenters. The van der Waals surface area contributed by atoms with Gasteiger partial charge in [0.2, 0.25) is 0 Å². The highest BCUT2D eigenvalue weighted by Gasteiger charge is 2.49. The van der Waals surface area contributed by atoms with Gasteiger partial charge in [0.05, 0.1) is 11.6 Å². The minimum Gasteiger partial charge on any atom is -0.507 e. The summed E-state index contributed by atoms with van der Waals surface area (Å²) in [6.07, 6.45) is 8.55. The highest BCUT2D eigenvalue weighted by Crippen LogP contribution is 2.45. The number of nitrogens with one attached hydrogen (secondary N) is 2. The number of amides is 1. The first-order valence-corrected chi connectivity index (χ1v) is 11.6. The molecule has 3 heterocycles. The second kappa shape index (κ2) is 7.66. The number of benzene rings is 2. The number of fused-ring (bicyclic) bond motifs is 2. The van der Waals surface area contributed by atoms with Gasteiger partial charge < -0.3 is 20.0 Å². The smallest absolute Gasteiger partial charge is 0.295 e. The number of hydrogen-bond donors (Lipinski definition) is 3. The third kappa shape index (κ3) is 3.01. The maximum atomic E-state index is 13.4. The Labute approximate surface area is 190 Å². The Morgan fingerprint density at radius 1 is 0.848 bits per heavy atom. The van der Waals surface area contributed by atoms with Gasteiger partial charge in [-0.05, 0) is 25.0 Å². The molecule has 2 aromatic heterocycles. The number of rotatable bonds is 3. The summed E-state index contributed by atoms with van der Waals surface area (Å²) in [6.45, 7) is 0. The van der Waals surface area contributed by atoms with E-state index < -0.39 is 17.7 Å². The molecule has 1 aliphatic carbocycles. The number of aromatic amines is 2. The quantitative estimate of drug-likeness (QED) is 0.227. The fraction of sp³-hybridized carbons (Fsp3) is 0.259. The van der Waals surface area contributed by atoms with E-state index in [-0.39, 0.29) is 17.4 Å². The normalized spacial score (nSPS) is 21.5. The Balaban J connectivity index is 1.59. The van der Waals surface area contributed by atoms with Crippen LogP contribution in [-0.4, -0.2) is 37.7 Å². The number of likely N-dealkylation sites (tertiary alicyclic amines) is 1. The van der Waals surface area contributed by atoms with Crippen LogP contribution in [0.3, 0.4) is 0 Å². The lowest BCUT2D eigenvalue weighted by molar-refractivity contribution is -0.141. The summed E-state index contributed by atoms with van der Waals surface area (Å²) in [5, 5.41) is 13.3. The summed E-state index contributed by atoms with van der Waals surface area (Å²) >= 11 is 0. The molecule has 33 heavy (non-hydrogen) atoms. The van der Waals surface area contributed by atoms with E-state index in [4.69, 9.17) is 0 Å². The molecule has 1 saturated carbocycles. The van der Waals surface area contributed by atoms with E-state index in [1.54, 1.807) is 11.1 Å². The summed E-state index contributed by atoms with van der Waals surface area (Å²) in [4.78, 5) is 35.0. The number of ketones is 1. The van der Waals surface area contributed by atoms with Crippen LogP contribution < -0.4 is 0 Å². The number of aromatic nitrogens is 2. The fourth-order valence-corrected chi connectivity index (χ4v) is 5.62. The van der Waals surface area contributed by atoms with Gasteiger partial charge in [0.15, 0.2) is 0 Å². The van der Waals surface area contributed by atoms with Gasteiger partial charge in [0.25, 0.3) is 11.7 Å². The molecular weight excluding hydrogens is 414 g/mol. The Morgan fingerprint density at radius 2 is 1.48 bits per heavy atom. The van der Waals surface area contributed by atoms with Gasteiger partial charge in [-0.25, -0.2) is 0 Å². The zero-order valence-electron chi connectivity index (χ0n) is 18.2. The van der Waals surface area contributed by atoms with Crippen LogP contribution in [0.4, 0.5) is 0 Å². The van der Waals surface area contributed by atoms with Crippen LogP contribution in [0.2, 0.25) is 0 Å². The largest absolute Gasteiger partial charge is 0.507 e. The van der Waals surface area contributed by atoms with Crippen molar-refractivity contribution in [1.82, 2.24) is 14.9 Å². The van der Waals surface area contributed by atoms with E-state index in [0.29, 0.717) is 5.56 Å². The molecule has 0 radical (unpaired) electrons. The molecule has 2 fully saturated rings. The molecule has 0 bridgehead atoms. The molecule has 3 N–H and O–H groups in total. The molecule has 2 aliphatic rings. The van der Waals surface area contributed by atoms with Crippen molar-refractivity contribution in [2.75, 3.05) is 0 Å². The first kappa shape index (κ1) is 19.9. The highest BCUT2D eigenvalue weighted by atomic mass is 16.3.